The summed E-state index contributed by atoms with van der Waals surface area (Å²) in [7, 11) is 3.84. The van der Waals surface area contributed by atoms with Crippen LogP contribution in [0.2, 0.25) is 0 Å². The third-order valence-electron chi connectivity index (χ3n) is 3.84. The lowest BCUT2D eigenvalue weighted by Gasteiger charge is -2.26. The van der Waals surface area contributed by atoms with Gasteiger partial charge in [0.05, 0.1) is 0 Å². The van der Waals surface area contributed by atoms with Crippen molar-refractivity contribution in [1.29, 1.82) is 0 Å². The first-order chi connectivity index (χ1) is 11.0. The maximum absolute atomic E-state index is 4.31. The number of guanidine groups is 1. The molecule has 4 heteroatoms. The van der Waals surface area contributed by atoms with Crippen LogP contribution < -0.4 is 10.6 Å². The van der Waals surface area contributed by atoms with Crippen molar-refractivity contribution in [2.24, 2.45) is 17.5 Å². The van der Waals surface area contributed by atoms with Gasteiger partial charge in [-0.15, -0.1) is 0 Å². The van der Waals surface area contributed by atoms with Gasteiger partial charge >= 0.3 is 0 Å². The minimum absolute atomic E-state index is 0.158. The first-order valence-electron chi connectivity index (χ1n) is 8.08. The quantitative estimate of drug-likeness (QED) is 0.636. The third kappa shape index (κ3) is 5.81. The minimum atomic E-state index is 0.158. The summed E-state index contributed by atoms with van der Waals surface area (Å²) in [5.74, 6) is 0.843. The Morgan fingerprint density at radius 1 is 1.09 bits per heavy atom. The molecule has 1 heterocycles. The maximum atomic E-state index is 4.31. The molecular formula is C19H28N4. The van der Waals surface area contributed by atoms with Crippen LogP contribution in [-0.2, 0) is 20.0 Å². The monoisotopic (exact) mass is 312 g/mol. The van der Waals surface area contributed by atoms with Gasteiger partial charge in [-0.1, -0.05) is 44.2 Å². The van der Waals surface area contributed by atoms with Crippen molar-refractivity contribution in [2.45, 2.75) is 26.8 Å². The van der Waals surface area contributed by atoms with Crippen molar-refractivity contribution in [3.8, 4) is 0 Å². The van der Waals surface area contributed by atoms with Gasteiger partial charge in [-0.25, -0.2) is 0 Å². The molecule has 124 valence electrons. The fourth-order valence-electron chi connectivity index (χ4n) is 2.61. The molecule has 1 aromatic carbocycles. The number of aromatic nitrogens is 1. The number of nitrogens with one attached hydrogen (secondary N) is 2. The molecule has 0 fully saturated rings. The largest absolute Gasteiger partial charge is 0.357 e. The van der Waals surface area contributed by atoms with Crippen molar-refractivity contribution in [3.05, 3.63) is 59.9 Å². The first-order valence-corrected chi connectivity index (χ1v) is 8.08. The van der Waals surface area contributed by atoms with E-state index < -0.39 is 0 Å². The molecule has 23 heavy (non-hydrogen) atoms. The van der Waals surface area contributed by atoms with Gasteiger partial charge in [0.15, 0.2) is 5.96 Å². The van der Waals surface area contributed by atoms with E-state index >= 15 is 0 Å². The third-order valence-corrected chi connectivity index (χ3v) is 3.84. The standard InChI is InChI=1S/C19H28N4/c1-19(2,12-16-8-6-5-7-9-16)15-22-18(20-3)21-13-17-10-11-23(4)14-17/h5-11,14H,12-13,15H2,1-4H3,(H2,20,21,22). The molecule has 2 aromatic rings. The summed E-state index contributed by atoms with van der Waals surface area (Å²) >= 11 is 0. The second-order valence-corrected chi connectivity index (χ2v) is 6.79. The summed E-state index contributed by atoms with van der Waals surface area (Å²) < 4.78 is 2.05. The van der Waals surface area contributed by atoms with Gasteiger partial charge in [0.25, 0.3) is 0 Å². The molecule has 4 nitrogen and oxygen atoms in total. The SMILES string of the molecule is CN=C(NCc1ccn(C)c1)NCC(C)(C)Cc1ccccc1. The molecule has 1 aromatic heterocycles. The van der Waals surface area contributed by atoms with Crippen molar-refractivity contribution in [3.63, 3.8) is 0 Å². The van der Waals surface area contributed by atoms with Gasteiger partial charge in [-0.2, -0.15) is 0 Å². The summed E-state index contributed by atoms with van der Waals surface area (Å²) in [5.41, 5.74) is 2.77. The summed E-state index contributed by atoms with van der Waals surface area (Å²) in [6.45, 7) is 6.20. The van der Waals surface area contributed by atoms with E-state index in [1.54, 1.807) is 0 Å². The molecule has 0 saturated heterocycles. The summed E-state index contributed by atoms with van der Waals surface area (Å²) in [5, 5.41) is 6.80. The minimum Gasteiger partial charge on any atom is -0.357 e. The molecule has 0 amide bonds. The molecular weight excluding hydrogens is 284 g/mol. The van der Waals surface area contributed by atoms with E-state index in [0.717, 1.165) is 25.5 Å². The lowest BCUT2D eigenvalue weighted by atomic mass is 9.86. The van der Waals surface area contributed by atoms with E-state index in [2.05, 4.69) is 82.8 Å². The number of benzene rings is 1. The fourth-order valence-corrected chi connectivity index (χ4v) is 2.61. The second kappa shape index (κ2) is 7.86. The van der Waals surface area contributed by atoms with Gasteiger partial charge in [-0.3, -0.25) is 4.99 Å². The summed E-state index contributed by atoms with van der Waals surface area (Å²) in [6, 6.07) is 12.7. The van der Waals surface area contributed by atoms with Crippen LogP contribution in [0.4, 0.5) is 0 Å². The molecule has 0 radical (unpaired) electrons. The van der Waals surface area contributed by atoms with E-state index in [4.69, 9.17) is 0 Å². The number of rotatable bonds is 6. The highest BCUT2D eigenvalue weighted by atomic mass is 15.2. The van der Waals surface area contributed by atoms with E-state index in [-0.39, 0.29) is 5.41 Å². The van der Waals surface area contributed by atoms with E-state index in [1.807, 2.05) is 14.1 Å². The number of nitrogens with zero attached hydrogens (tertiary/aromatic N) is 2. The lowest BCUT2D eigenvalue weighted by molar-refractivity contribution is 0.359. The molecule has 0 saturated carbocycles. The second-order valence-electron chi connectivity index (χ2n) is 6.79. The van der Waals surface area contributed by atoms with Crippen LogP contribution in [0.1, 0.15) is 25.0 Å². The lowest BCUT2D eigenvalue weighted by Crippen LogP contribution is -2.42. The summed E-state index contributed by atoms with van der Waals surface area (Å²) in [4.78, 5) is 4.31. The molecule has 2 N–H and O–H groups in total. The molecule has 0 unspecified atom stereocenters. The zero-order valence-electron chi connectivity index (χ0n) is 14.6. The Bertz CT molecular complexity index is 626. The first kappa shape index (κ1) is 17.1. The highest BCUT2D eigenvalue weighted by molar-refractivity contribution is 5.79. The number of hydrogen-bond acceptors (Lipinski definition) is 1. The van der Waals surface area contributed by atoms with Crippen LogP contribution in [0.3, 0.4) is 0 Å². The summed E-state index contributed by atoms with van der Waals surface area (Å²) in [6.07, 6.45) is 5.20. The normalized spacial score (nSPS) is 12.3. The Balaban J connectivity index is 1.82. The number of hydrogen-bond donors (Lipinski definition) is 2. The van der Waals surface area contributed by atoms with Crippen LogP contribution in [0.5, 0.6) is 0 Å². The molecule has 0 bridgehead atoms. The zero-order chi connectivity index (χ0) is 16.7. The zero-order valence-corrected chi connectivity index (χ0v) is 14.6. The molecule has 0 spiro atoms. The highest BCUT2D eigenvalue weighted by Gasteiger charge is 2.18. The van der Waals surface area contributed by atoms with Gasteiger partial charge in [0.1, 0.15) is 0 Å². The smallest absolute Gasteiger partial charge is 0.191 e. The molecule has 0 aliphatic rings. The van der Waals surface area contributed by atoms with E-state index in [0.29, 0.717) is 0 Å². The van der Waals surface area contributed by atoms with Gasteiger partial charge < -0.3 is 15.2 Å². The maximum Gasteiger partial charge on any atom is 0.191 e. The Kier molecular flexibility index (Phi) is 5.85. The topological polar surface area (TPSA) is 41.4 Å². The van der Waals surface area contributed by atoms with Gasteiger partial charge in [0.2, 0.25) is 0 Å². The van der Waals surface area contributed by atoms with Crippen molar-refractivity contribution >= 4 is 5.96 Å². The van der Waals surface area contributed by atoms with Crippen LogP contribution in [0, 0.1) is 5.41 Å². The average Bonchev–Trinajstić information content (AvgIpc) is 2.93. The van der Waals surface area contributed by atoms with Crippen LogP contribution in [0.15, 0.2) is 53.8 Å². The Labute approximate surface area is 139 Å². The molecule has 2 rings (SSSR count). The highest BCUT2D eigenvalue weighted by Crippen LogP contribution is 2.20. The number of aryl methyl sites for hydroxylation is 1. The predicted octanol–water partition coefficient (Wildman–Crippen LogP) is 2.96. The Hall–Kier alpha value is -2.23. The Morgan fingerprint density at radius 2 is 1.83 bits per heavy atom. The van der Waals surface area contributed by atoms with Gasteiger partial charge in [-0.05, 0) is 29.0 Å². The number of aliphatic imine (C=N–C) groups is 1. The fraction of sp³-hybridized carbons (Fsp3) is 0.421. The van der Waals surface area contributed by atoms with E-state index in [1.165, 1.54) is 11.1 Å². The Morgan fingerprint density at radius 3 is 2.43 bits per heavy atom. The van der Waals surface area contributed by atoms with E-state index in [9.17, 15) is 0 Å². The van der Waals surface area contributed by atoms with Crippen molar-refractivity contribution < 1.29 is 0 Å². The van der Waals surface area contributed by atoms with Crippen molar-refractivity contribution in [1.82, 2.24) is 15.2 Å². The van der Waals surface area contributed by atoms with Crippen molar-refractivity contribution in [2.75, 3.05) is 13.6 Å². The van der Waals surface area contributed by atoms with Crippen LogP contribution >= 0.6 is 0 Å². The van der Waals surface area contributed by atoms with Gasteiger partial charge in [0, 0.05) is 39.6 Å². The van der Waals surface area contributed by atoms with Crippen LogP contribution in [-0.4, -0.2) is 24.1 Å². The average molecular weight is 312 g/mol. The van der Waals surface area contributed by atoms with Crippen LogP contribution in [0.25, 0.3) is 0 Å². The predicted molar refractivity (Wildman–Crippen MR) is 97.5 cm³/mol. The molecule has 0 atom stereocenters. The molecule has 0 aliphatic heterocycles. The molecule has 0 aliphatic carbocycles.